The second-order valence-electron chi connectivity index (χ2n) is 3.72. The zero-order valence-corrected chi connectivity index (χ0v) is 9.97. The molecular weight excluding hydrogens is 214 g/mol. The van der Waals surface area contributed by atoms with Crippen LogP contribution in [0.4, 0.5) is 0 Å². The number of ether oxygens (including phenoxy) is 1. The van der Waals surface area contributed by atoms with Crippen LogP contribution in [0.15, 0.2) is 36.8 Å². The third-order valence-electron chi connectivity index (χ3n) is 2.54. The Morgan fingerprint density at radius 1 is 1.29 bits per heavy atom. The van der Waals surface area contributed by atoms with Crippen LogP contribution >= 0.6 is 0 Å². The fourth-order valence-electron chi connectivity index (χ4n) is 1.76. The van der Waals surface area contributed by atoms with Crippen molar-refractivity contribution in [3.05, 3.63) is 42.5 Å². The summed E-state index contributed by atoms with van der Waals surface area (Å²) in [7, 11) is 0. The number of aromatic nitrogens is 2. The molecule has 0 aliphatic rings. The summed E-state index contributed by atoms with van der Waals surface area (Å²) < 4.78 is 7.46. The minimum atomic E-state index is 0.628. The van der Waals surface area contributed by atoms with Crippen molar-refractivity contribution in [2.45, 2.75) is 13.3 Å². The summed E-state index contributed by atoms with van der Waals surface area (Å²) in [4.78, 5) is 4.15. The van der Waals surface area contributed by atoms with Crippen LogP contribution in [0.2, 0.25) is 0 Å². The number of rotatable bonds is 5. The van der Waals surface area contributed by atoms with E-state index in [4.69, 9.17) is 10.5 Å². The molecule has 0 aliphatic carbocycles. The molecule has 1 aromatic heterocycles. The van der Waals surface area contributed by atoms with Crippen LogP contribution in [0.3, 0.4) is 0 Å². The highest BCUT2D eigenvalue weighted by atomic mass is 16.5. The third-order valence-corrected chi connectivity index (χ3v) is 2.54. The lowest BCUT2D eigenvalue weighted by atomic mass is 10.2. The lowest BCUT2D eigenvalue weighted by Crippen LogP contribution is -2.07. The molecule has 0 radical (unpaired) electrons. The SMILES string of the molecule is CCOc1ccc(-n2cncc2CCN)cc1. The fraction of sp³-hybridized carbons (Fsp3) is 0.308. The summed E-state index contributed by atoms with van der Waals surface area (Å²) >= 11 is 0. The Hall–Kier alpha value is -1.81. The molecular formula is C13H17N3O. The van der Waals surface area contributed by atoms with E-state index in [-0.39, 0.29) is 0 Å². The van der Waals surface area contributed by atoms with Crippen LogP contribution < -0.4 is 10.5 Å². The van der Waals surface area contributed by atoms with Gasteiger partial charge in [0.05, 0.1) is 12.9 Å². The first kappa shape index (κ1) is 11.7. The van der Waals surface area contributed by atoms with Gasteiger partial charge in [0.25, 0.3) is 0 Å². The summed E-state index contributed by atoms with van der Waals surface area (Å²) in [5, 5.41) is 0. The van der Waals surface area contributed by atoms with Gasteiger partial charge in [0.2, 0.25) is 0 Å². The summed E-state index contributed by atoms with van der Waals surface area (Å²) in [5.74, 6) is 0.886. The van der Waals surface area contributed by atoms with Gasteiger partial charge in [0.15, 0.2) is 0 Å². The first-order valence-corrected chi connectivity index (χ1v) is 5.79. The summed E-state index contributed by atoms with van der Waals surface area (Å²) in [5.41, 5.74) is 7.77. The quantitative estimate of drug-likeness (QED) is 0.853. The van der Waals surface area contributed by atoms with E-state index < -0.39 is 0 Å². The van der Waals surface area contributed by atoms with E-state index in [1.165, 1.54) is 0 Å². The van der Waals surface area contributed by atoms with Crippen LogP contribution in [0.5, 0.6) is 5.75 Å². The maximum absolute atomic E-state index is 5.57. The lowest BCUT2D eigenvalue weighted by Gasteiger charge is -2.08. The molecule has 4 nitrogen and oxygen atoms in total. The highest BCUT2D eigenvalue weighted by molar-refractivity contribution is 5.38. The monoisotopic (exact) mass is 231 g/mol. The van der Waals surface area contributed by atoms with E-state index in [1.807, 2.05) is 42.0 Å². The topological polar surface area (TPSA) is 53.1 Å². The summed E-state index contributed by atoms with van der Waals surface area (Å²) in [6.45, 7) is 3.29. The molecule has 0 atom stereocenters. The van der Waals surface area contributed by atoms with Gasteiger partial charge in [-0.3, -0.25) is 0 Å². The molecule has 4 heteroatoms. The summed E-state index contributed by atoms with van der Waals surface area (Å²) in [6.07, 6.45) is 4.48. The van der Waals surface area contributed by atoms with Gasteiger partial charge in [-0.2, -0.15) is 0 Å². The van der Waals surface area contributed by atoms with Crippen molar-refractivity contribution in [3.63, 3.8) is 0 Å². The first-order valence-electron chi connectivity index (χ1n) is 5.79. The molecule has 0 bridgehead atoms. The van der Waals surface area contributed by atoms with Gasteiger partial charge >= 0.3 is 0 Å². The van der Waals surface area contributed by atoms with E-state index in [2.05, 4.69) is 4.98 Å². The van der Waals surface area contributed by atoms with Crippen molar-refractivity contribution in [3.8, 4) is 11.4 Å². The number of hydrogen-bond donors (Lipinski definition) is 1. The molecule has 2 aromatic rings. The van der Waals surface area contributed by atoms with E-state index >= 15 is 0 Å². The van der Waals surface area contributed by atoms with Gasteiger partial charge in [-0.05, 0) is 37.7 Å². The maximum atomic E-state index is 5.57. The van der Waals surface area contributed by atoms with Crippen LogP contribution in [0, 0.1) is 0 Å². The second-order valence-corrected chi connectivity index (χ2v) is 3.72. The maximum Gasteiger partial charge on any atom is 0.119 e. The van der Waals surface area contributed by atoms with Crippen LogP contribution in [-0.2, 0) is 6.42 Å². The second kappa shape index (κ2) is 5.50. The molecule has 90 valence electrons. The van der Waals surface area contributed by atoms with E-state index in [1.54, 1.807) is 6.33 Å². The van der Waals surface area contributed by atoms with E-state index in [9.17, 15) is 0 Å². The fourth-order valence-corrected chi connectivity index (χ4v) is 1.76. The smallest absolute Gasteiger partial charge is 0.119 e. The minimum absolute atomic E-state index is 0.628. The largest absolute Gasteiger partial charge is 0.494 e. The van der Waals surface area contributed by atoms with Gasteiger partial charge in [0.1, 0.15) is 5.75 Å². The standard InChI is InChI=1S/C13H17N3O/c1-2-17-13-5-3-11(4-6-13)16-10-15-9-12(16)7-8-14/h3-6,9-10H,2,7-8,14H2,1H3. The average molecular weight is 231 g/mol. The zero-order valence-electron chi connectivity index (χ0n) is 9.97. The molecule has 2 N–H and O–H groups in total. The molecule has 17 heavy (non-hydrogen) atoms. The van der Waals surface area contributed by atoms with E-state index in [0.29, 0.717) is 13.2 Å². The van der Waals surface area contributed by atoms with Crippen LogP contribution in [0.1, 0.15) is 12.6 Å². The molecule has 0 saturated heterocycles. The van der Waals surface area contributed by atoms with Crippen LogP contribution in [0.25, 0.3) is 5.69 Å². The third kappa shape index (κ3) is 2.65. The van der Waals surface area contributed by atoms with Crippen molar-refractivity contribution in [1.82, 2.24) is 9.55 Å². The molecule has 1 heterocycles. The summed E-state index contributed by atoms with van der Waals surface area (Å²) in [6, 6.07) is 7.97. The Kier molecular flexibility index (Phi) is 3.77. The number of nitrogens with two attached hydrogens (primary N) is 1. The normalized spacial score (nSPS) is 10.5. The van der Waals surface area contributed by atoms with Crippen molar-refractivity contribution in [2.75, 3.05) is 13.2 Å². The van der Waals surface area contributed by atoms with E-state index in [0.717, 1.165) is 23.6 Å². The number of nitrogens with zero attached hydrogens (tertiary/aromatic N) is 2. The zero-order chi connectivity index (χ0) is 12.1. The molecule has 0 fully saturated rings. The molecule has 0 saturated carbocycles. The molecule has 0 aliphatic heterocycles. The Labute approximate surface area is 101 Å². The van der Waals surface area contributed by atoms with Crippen molar-refractivity contribution < 1.29 is 4.74 Å². The molecule has 1 aromatic carbocycles. The van der Waals surface area contributed by atoms with Gasteiger partial charge in [-0.25, -0.2) is 4.98 Å². The number of benzene rings is 1. The lowest BCUT2D eigenvalue weighted by molar-refractivity contribution is 0.340. The van der Waals surface area contributed by atoms with Gasteiger partial charge < -0.3 is 15.0 Å². The van der Waals surface area contributed by atoms with Gasteiger partial charge in [-0.1, -0.05) is 0 Å². The predicted octanol–water partition coefficient (Wildman–Crippen LogP) is 1.77. The molecule has 0 unspecified atom stereocenters. The predicted molar refractivity (Wildman–Crippen MR) is 67.5 cm³/mol. The highest BCUT2D eigenvalue weighted by Gasteiger charge is 2.03. The molecule has 0 spiro atoms. The molecule has 2 rings (SSSR count). The Balaban J connectivity index is 2.23. The highest BCUT2D eigenvalue weighted by Crippen LogP contribution is 2.16. The Morgan fingerprint density at radius 3 is 2.71 bits per heavy atom. The van der Waals surface area contributed by atoms with Gasteiger partial charge in [0, 0.05) is 24.0 Å². The van der Waals surface area contributed by atoms with Crippen LogP contribution in [-0.4, -0.2) is 22.7 Å². The van der Waals surface area contributed by atoms with Gasteiger partial charge in [-0.15, -0.1) is 0 Å². The number of hydrogen-bond acceptors (Lipinski definition) is 3. The molecule has 0 amide bonds. The minimum Gasteiger partial charge on any atom is -0.494 e. The number of imidazole rings is 1. The van der Waals surface area contributed by atoms with Crippen molar-refractivity contribution in [1.29, 1.82) is 0 Å². The van der Waals surface area contributed by atoms with Crippen molar-refractivity contribution >= 4 is 0 Å². The average Bonchev–Trinajstić information content (AvgIpc) is 2.79. The Bertz CT molecular complexity index is 462. The Morgan fingerprint density at radius 2 is 2.06 bits per heavy atom. The van der Waals surface area contributed by atoms with Crippen molar-refractivity contribution in [2.24, 2.45) is 5.73 Å². The first-order chi connectivity index (χ1) is 8.35.